The second-order valence-corrected chi connectivity index (χ2v) is 7.07. The Morgan fingerprint density at radius 2 is 1.40 bits per heavy atom. The van der Waals surface area contributed by atoms with Gasteiger partial charge in [-0.3, -0.25) is 4.52 Å². The number of unbranched alkanes of at least 4 members (excludes halogenated alkanes) is 4. The van der Waals surface area contributed by atoms with E-state index in [-0.39, 0.29) is 19.4 Å². The van der Waals surface area contributed by atoms with Gasteiger partial charge in [-0.1, -0.05) is 25.7 Å². The summed E-state index contributed by atoms with van der Waals surface area (Å²) in [6.45, 7) is -0.179. The number of alkyl halides is 7. The molecule has 0 aliphatic rings. The van der Waals surface area contributed by atoms with E-state index >= 15 is 0 Å². The van der Waals surface area contributed by atoms with Crippen LogP contribution in [0.2, 0.25) is 0 Å². The van der Waals surface area contributed by atoms with Crippen molar-refractivity contribution < 1.29 is 49.6 Å². The molecule has 25 heavy (non-hydrogen) atoms. The van der Waals surface area contributed by atoms with Crippen molar-refractivity contribution in [1.29, 1.82) is 0 Å². The molecule has 0 rings (SSSR count). The Labute approximate surface area is 141 Å². The van der Waals surface area contributed by atoms with Gasteiger partial charge in [0.05, 0.1) is 6.61 Å². The van der Waals surface area contributed by atoms with Crippen LogP contribution >= 0.6 is 7.82 Å². The van der Waals surface area contributed by atoms with Crippen LogP contribution in [0.5, 0.6) is 0 Å². The molecule has 0 heterocycles. The third-order valence-corrected chi connectivity index (χ3v) is 3.94. The summed E-state index contributed by atoms with van der Waals surface area (Å²) in [5.74, 6) is -6.03. The second kappa shape index (κ2) is 10.7. The molecule has 152 valence electrons. The van der Waals surface area contributed by atoms with Gasteiger partial charge in [0, 0.05) is 12.8 Å². The third-order valence-electron chi connectivity index (χ3n) is 3.42. The Balaban J connectivity index is 4.13. The predicted molar refractivity (Wildman–Crippen MR) is 75.4 cm³/mol. The zero-order valence-corrected chi connectivity index (χ0v) is 14.2. The molecule has 0 amide bonds. The van der Waals surface area contributed by atoms with Gasteiger partial charge < -0.3 is 9.79 Å². The predicted octanol–water partition coefficient (Wildman–Crippen LogP) is 5.30. The molecule has 0 aromatic carbocycles. The fraction of sp³-hybridized carbons (Fsp3) is 1.00. The molecule has 2 N–H and O–H groups in total. The maximum Gasteiger partial charge on any atom is 0.469 e. The van der Waals surface area contributed by atoms with Gasteiger partial charge in [-0.05, 0) is 18.8 Å². The average Bonchev–Trinajstić information content (AvgIpc) is 2.37. The Kier molecular flexibility index (Phi) is 10.5. The molecule has 0 radical (unpaired) electrons. The lowest BCUT2D eigenvalue weighted by Gasteiger charge is -2.23. The number of hydrogen-bond acceptors (Lipinski definition) is 2. The fourth-order valence-electron chi connectivity index (χ4n) is 2.33. The van der Waals surface area contributed by atoms with Crippen LogP contribution in [0.15, 0.2) is 0 Å². The highest BCUT2D eigenvalue weighted by molar-refractivity contribution is 7.46. The first-order valence-electron chi connectivity index (χ1n) is 7.66. The summed E-state index contributed by atoms with van der Waals surface area (Å²) in [5, 5.41) is 0. The van der Waals surface area contributed by atoms with Gasteiger partial charge >= 0.3 is 26.3 Å². The fourth-order valence-corrected chi connectivity index (χ4v) is 2.69. The van der Waals surface area contributed by atoms with Gasteiger partial charge in [0.15, 0.2) is 0 Å². The number of phosphoric ester groups is 1. The van der Waals surface area contributed by atoms with Crippen LogP contribution in [0.4, 0.5) is 30.7 Å². The lowest BCUT2D eigenvalue weighted by molar-refractivity contribution is -0.169. The van der Waals surface area contributed by atoms with E-state index in [0.717, 1.165) is 0 Å². The minimum absolute atomic E-state index is 0.166. The van der Waals surface area contributed by atoms with Gasteiger partial charge in [0.1, 0.15) is 0 Å². The highest BCUT2D eigenvalue weighted by Crippen LogP contribution is 2.38. The normalized spacial score (nSPS) is 15.0. The Bertz CT molecular complexity index is 412. The van der Waals surface area contributed by atoms with Crippen LogP contribution in [-0.4, -0.2) is 34.9 Å². The van der Waals surface area contributed by atoms with Crippen molar-refractivity contribution in [2.24, 2.45) is 5.92 Å². The number of rotatable bonds is 13. The van der Waals surface area contributed by atoms with E-state index in [9.17, 15) is 35.3 Å². The van der Waals surface area contributed by atoms with E-state index in [1.54, 1.807) is 0 Å². The van der Waals surface area contributed by atoms with Crippen LogP contribution < -0.4 is 0 Å². The molecular weight excluding hydrogens is 384 g/mol. The van der Waals surface area contributed by atoms with E-state index in [4.69, 9.17) is 9.79 Å². The van der Waals surface area contributed by atoms with E-state index in [2.05, 4.69) is 4.52 Å². The highest BCUT2D eigenvalue weighted by Gasteiger charge is 2.44. The highest BCUT2D eigenvalue weighted by atomic mass is 31.2. The molecule has 0 aliphatic carbocycles. The average molecular weight is 406 g/mol. The summed E-state index contributed by atoms with van der Waals surface area (Å²) < 4.78 is 102. The van der Waals surface area contributed by atoms with E-state index < -0.39 is 45.1 Å². The van der Waals surface area contributed by atoms with E-state index in [0.29, 0.717) is 25.7 Å². The van der Waals surface area contributed by atoms with Crippen molar-refractivity contribution in [2.75, 3.05) is 6.61 Å². The standard InChI is InChI=1S/C13H22F7O4P/c14-11(15)12(16,17)8-10(9-13(18,19)20)6-4-2-1-3-5-7-24-25(21,22)23/h10-11H,1-9H2,(H2,21,22,23). The molecule has 0 aromatic heterocycles. The van der Waals surface area contributed by atoms with Crippen molar-refractivity contribution in [2.45, 2.75) is 69.9 Å². The summed E-state index contributed by atoms with van der Waals surface area (Å²) in [4.78, 5) is 16.9. The molecule has 0 aliphatic heterocycles. The molecule has 1 unspecified atom stereocenters. The van der Waals surface area contributed by atoms with Crippen molar-refractivity contribution in [3.8, 4) is 0 Å². The van der Waals surface area contributed by atoms with E-state index in [1.807, 2.05) is 0 Å². The van der Waals surface area contributed by atoms with Gasteiger partial charge in [0.25, 0.3) is 0 Å². The third kappa shape index (κ3) is 14.5. The SMILES string of the molecule is O=P(O)(O)OCCCCCCCC(CC(F)(F)F)CC(F)(F)C(F)F. The summed E-state index contributed by atoms with van der Waals surface area (Å²) in [6.07, 6.45) is -10.1. The van der Waals surface area contributed by atoms with Crippen LogP contribution in [0.1, 0.15) is 51.4 Å². The first-order chi connectivity index (χ1) is 11.2. The zero-order valence-electron chi connectivity index (χ0n) is 13.3. The molecule has 1 atom stereocenters. The maximum absolute atomic E-state index is 13.0. The van der Waals surface area contributed by atoms with Crippen molar-refractivity contribution in [3.63, 3.8) is 0 Å². The first kappa shape index (κ1) is 24.6. The summed E-state index contributed by atoms with van der Waals surface area (Å²) in [5.41, 5.74) is 0. The van der Waals surface area contributed by atoms with Gasteiger partial charge in [-0.15, -0.1) is 0 Å². The Hall–Kier alpha value is -0.380. The largest absolute Gasteiger partial charge is 0.469 e. The molecule has 12 heteroatoms. The number of phosphoric acid groups is 1. The molecule has 4 nitrogen and oxygen atoms in total. The van der Waals surface area contributed by atoms with Crippen molar-refractivity contribution >= 4 is 7.82 Å². The number of halogens is 7. The van der Waals surface area contributed by atoms with Crippen LogP contribution in [-0.2, 0) is 9.09 Å². The van der Waals surface area contributed by atoms with Crippen molar-refractivity contribution in [3.05, 3.63) is 0 Å². The van der Waals surface area contributed by atoms with Crippen molar-refractivity contribution in [1.82, 2.24) is 0 Å². The molecular formula is C13H22F7O4P. The minimum atomic E-state index is -4.71. The van der Waals surface area contributed by atoms with Crippen LogP contribution in [0, 0.1) is 5.92 Å². The lowest BCUT2D eigenvalue weighted by Crippen LogP contribution is -2.31. The zero-order chi connectivity index (χ0) is 19.7. The number of hydrogen-bond donors (Lipinski definition) is 2. The topological polar surface area (TPSA) is 66.8 Å². The summed E-state index contributed by atoms with van der Waals surface area (Å²) in [6, 6.07) is 0. The van der Waals surface area contributed by atoms with Crippen LogP contribution in [0.3, 0.4) is 0 Å². The quantitative estimate of drug-likeness (QED) is 0.248. The summed E-state index contributed by atoms with van der Waals surface area (Å²) in [7, 11) is -4.53. The molecule has 0 spiro atoms. The molecule has 0 fully saturated rings. The Morgan fingerprint density at radius 3 is 1.88 bits per heavy atom. The monoisotopic (exact) mass is 406 g/mol. The first-order valence-corrected chi connectivity index (χ1v) is 9.19. The molecule has 0 saturated heterocycles. The van der Waals surface area contributed by atoms with Gasteiger partial charge in [-0.2, -0.15) is 13.2 Å². The Morgan fingerprint density at radius 1 is 0.880 bits per heavy atom. The molecule has 0 bridgehead atoms. The lowest BCUT2D eigenvalue weighted by atomic mass is 9.91. The second-order valence-electron chi connectivity index (χ2n) is 5.83. The van der Waals surface area contributed by atoms with E-state index in [1.165, 1.54) is 0 Å². The minimum Gasteiger partial charge on any atom is -0.303 e. The molecule has 0 saturated carbocycles. The maximum atomic E-state index is 13.0. The smallest absolute Gasteiger partial charge is 0.303 e. The van der Waals surface area contributed by atoms with Gasteiger partial charge in [0.2, 0.25) is 0 Å². The van der Waals surface area contributed by atoms with Gasteiger partial charge in [-0.25, -0.2) is 22.1 Å². The van der Waals surface area contributed by atoms with Crippen LogP contribution in [0.25, 0.3) is 0 Å². The summed E-state index contributed by atoms with van der Waals surface area (Å²) >= 11 is 0. The molecule has 0 aromatic rings.